The average Bonchev–Trinajstić information content (AvgIpc) is 2.43. The maximum Gasteiger partial charge on any atom is 0.330 e. The molecule has 0 radical (unpaired) electrons. The van der Waals surface area contributed by atoms with Crippen LogP contribution in [-0.4, -0.2) is 26.4 Å². The van der Waals surface area contributed by atoms with Crippen LogP contribution in [0.2, 0.25) is 0 Å². The van der Waals surface area contributed by atoms with Gasteiger partial charge in [-0.15, -0.1) is 0 Å². The minimum atomic E-state index is -0.642. The third-order valence-corrected chi connectivity index (χ3v) is 4.17. The molecule has 0 aromatic carbocycles. The molecule has 1 aromatic heterocycles. The van der Waals surface area contributed by atoms with Crippen LogP contribution < -0.4 is 16.6 Å². The second kappa shape index (κ2) is 5.93. The Morgan fingerprint density at radius 2 is 1.85 bits per heavy atom. The zero-order chi connectivity index (χ0) is 14.8. The van der Waals surface area contributed by atoms with Crippen molar-refractivity contribution in [2.75, 3.05) is 6.54 Å². The molecular weight excluding hydrogens is 258 g/mol. The van der Waals surface area contributed by atoms with E-state index in [1.165, 1.54) is 24.1 Å². The van der Waals surface area contributed by atoms with Crippen LogP contribution in [0.3, 0.4) is 0 Å². The van der Waals surface area contributed by atoms with Crippen LogP contribution in [0, 0.1) is 0 Å². The Bertz CT molecular complexity index is 582. The number of rotatable bonds is 4. The van der Waals surface area contributed by atoms with Crippen LogP contribution in [0.1, 0.15) is 37.8 Å². The van der Waals surface area contributed by atoms with Crippen LogP contribution in [0.25, 0.3) is 0 Å². The molecule has 1 fully saturated rings. The van der Waals surface area contributed by atoms with Crippen molar-refractivity contribution in [2.45, 2.75) is 44.2 Å². The molecule has 1 aliphatic carbocycles. The lowest BCUT2D eigenvalue weighted by Gasteiger charge is -2.32. The van der Waals surface area contributed by atoms with Crippen molar-refractivity contribution in [3.63, 3.8) is 0 Å². The van der Waals surface area contributed by atoms with Gasteiger partial charge in [0.1, 0.15) is 0 Å². The number of nitrogens with zero attached hydrogens (tertiary/aromatic N) is 2. The first kappa shape index (κ1) is 15.0. The molecule has 1 heterocycles. The number of aromatic nitrogens is 2. The highest BCUT2D eigenvalue weighted by Gasteiger charge is 2.28. The Morgan fingerprint density at radius 3 is 2.50 bits per heavy atom. The molecule has 0 saturated heterocycles. The van der Waals surface area contributed by atoms with Gasteiger partial charge in [0, 0.05) is 38.9 Å². The van der Waals surface area contributed by atoms with Crippen LogP contribution in [-0.2, 0) is 20.6 Å². The van der Waals surface area contributed by atoms with E-state index < -0.39 is 5.60 Å². The van der Waals surface area contributed by atoms with Gasteiger partial charge in [0.25, 0.3) is 5.56 Å². The Morgan fingerprint density at radius 1 is 1.20 bits per heavy atom. The van der Waals surface area contributed by atoms with E-state index in [9.17, 15) is 14.7 Å². The zero-order valence-corrected chi connectivity index (χ0v) is 12.2. The van der Waals surface area contributed by atoms with Crippen molar-refractivity contribution >= 4 is 0 Å². The number of aliphatic hydroxyl groups is 1. The normalized spacial score (nSPS) is 18.1. The maximum absolute atomic E-state index is 11.8. The molecule has 1 aromatic rings. The molecule has 0 bridgehead atoms. The van der Waals surface area contributed by atoms with Crippen molar-refractivity contribution in [1.82, 2.24) is 14.5 Å². The van der Waals surface area contributed by atoms with Crippen molar-refractivity contribution < 1.29 is 5.11 Å². The fraction of sp³-hybridized carbons (Fsp3) is 0.714. The van der Waals surface area contributed by atoms with Gasteiger partial charge in [-0.1, -0.05) is 19.3 Å². The third kappa shape index (κ3) is 3.19. The minimum absolute atomic E-state index is 0.304. The fourth-order valence-electron chi connectivity index (χ4n) is 2.76. The highest BCUT2D eigenvalue weighted by Crippen LogP contribution is 2.27. The summed E-state index contributed by atoms with van der Waals surface area (Å²) in [5, 5.41) is 13.5. The van der Waals surface area contributed by atoms with Gasteiger partial charge in [0.2, 0.25) is 0 Å². The second-order valence-corrected chi connectivity index (χ2v) is 5.76. The molecule has 6 nitrogen and oxygen atoms in total. The van der Waals surface area contributed by atoms with E-state index in [0.717, 1.165) is 30.3 Å². The van der Waals surface area contributed by atoms with Crippen molar-refractivity contribution in [3.8, 4) is 0 Å². The molecule has 2 rings (SSSR count). The van der Waals surface area contributed by atoms with E-state index in [-0.39, 0.29) is 11.2 Å². The average molecular weight is 281 g/mol. The highest BCUT2D eigenvalue weighted by molar-refractivity contribution is 5.02. The van der Waals surface area contributed by atoms with E-state index in [4.69, 9.17) is 0 Å². The molecule has 1 aliphatic rings. The minimum Gasteiger partial charge on any atom is -0.389 e. The molecule has 0 amide bonds. The largest absolute Gasteiger partial charge is 0.389 e. The smallest absolute Gasteiger partial charge is 0.330 e. The summed E-state index contributed by atoms with van der Waals surface area (Å²) in [4.78, 5) is 23.4. The lowest BCUT2D eigenvalue weighted by molar-refractivity contribution is 0.00455. The van der Waals surface area contributed by atoms with E-state index in [2.05, 4.69) is 5.32 Å². The first-order chi connectivity index (χ1) is 9.43. The molecule has 0 spiro atoms. The first-order valence-electron chi connectivity index (χ1n) is 7.12. The van der Waals surface area contributed by atoms with Gasteiger partial charge in [0.15, 0.2) is 0 Å². The Hall–Kier alpha value is -1.40. The summed E-state index contributed by atoms with van der Waals surface area (Å²) in [5.74, 6) is 0. The summed E-state index contributed by atoms with van der Waals surface area (Å²) in [6, 6.07) is 1.46. The molecule has 20 heavy (non-hydrogen) atoms. The summed E-state index contributed by atoms with van der Waals surface area (Å²) >= 11 is 0. The summed E-state index contributed by atoms with van der Waals surface area (Å²) in [7, 11) is 3.11. The van der Waals surface area contributed by atoms with Gasteiger partial charge in [-0.2, -0.15) is 0 Å². The molecule has 0 aliphatic heterocycles. The van der Waals surface area contributed by atoms with Crippen molar-refractivity contribution in [2.24, 2.45) is 14.1 Å². The van der Waals surface area contributed by atoms with Crippen LogP contribution in [0.5, 0.6) is 0 Å². The number of nitrogens with one attached hydrogen (secondary N) is 1. The fourth-order valence-corrected chi connectivity index (χ4v) is 2.76. The van der Waals surface area contributed by atoms with Crippen molar-refractivity contribution in [3.05, 3.63) is 32.6 Å². The van der Waals surface area contributed by atoms with E-state index >= 15 is 0 Å². The van der Waals surface area contributed by atoms with Gasteiger partial charge in [-0.05, 0) is 12.8 Å². The summed E-state index contributed by atoms with van der Waals surface area (Å²) in [6.45, 7) is 0.903. The standard InChI is InChI=1S/C14H23N3O3/c1-16-11(8-12(18)17(2)13(16)19)9-15-10-14(20)6-4-3-5-7-14/h8,15,20H,3-7,9-10H2,1-2H3. The van der Waals surface area contributed by atoms with Gasteiger partial charge in [-0.3, -0.25) is 13.9 Å². The number of hydrogen-bond acceptors (Lipinski definition) is 4. The third-order valence-electron chi connectivity index (χ3n) is 4.17. The van der Waals surface area contributed by atoms with E-state index in [0.29, 0.717) is 18.8 Å². The molecule has 6 heteroatoms. The molecule has 0 atom stereocenters. The van der Waals surface area contributed by atoms with Gasteiger partial charge < -0.3 is 10.4 Å². The predicted octanol–water partition coefficient (Wildman–Crippen LogP) is -0.131. The van der Waals surface area contributed by atoms with E-state index in [1.807, 2.05) is 0 Å². The Balaban J connectivity index is 2.01. The zero-order valence-electron chi connectivity index (χ0n) is 12.2. The van der Waals surface area contributed by atoms with Gasteiger partial charge >= 0.3 is 5.69 Å². The lowest BCUT2D eigenvalue weighted by Crippen LogP contribution is -2.43. The SMILES string of the molecule is Cn1c(CNCC2(O)CCCCC2)cc(=O)n(C)c1=O. The second-order valence-electron chi connectivity index (χ2n) is 5.76. The number of hydrogen-bond donors (Lipinski definition) is 2. The molecule has 0 unspecified atom stereocenters. The van der Waals surface area contributed by atoms with Crippen LogP contribution >= 0.6 is 0 Å². The topological polar surface area (TPSA) is 76.3 Å². The molecule has 1 saturated carbocycles. The first-order valence-corrected chi connectivity index (χ1v) is 7.12. The monoisotopic (exact) mass is 281 g/mol. The molecule has 2 N–H and O–H groups in total. The van der Waals surface area contributed by atoms with E-state index in [1.54, 1.807) is 7.05 Å². The summed E-state index contributed by atoms with van der Waals surface area (Å²) in [5.41, 5.74) is -0.638. The predicted molar refractivity (Wildman–Crippen MR) is 76.7 cm³/mol. The molecule has 112 valence electrons. The highest BCUT2D eigenvalue weighted by atomic mass is 16.3. The van der Waals surface area contributed by atoms with Crippen LogP contribution in [0.4, 0.5) is 0 Å². The van der Waals surface area contributed by atoms with Crippen molar-refractivity contribution in [1.29, 1.82) is 0 Å². The Kier molecular flexibility index (Phi) is 4.45. The Labute approximate surface area is 118 Å². The lowest BCUT2D eigenvalue weighted by atomic mass is 9.85. The quantitative estimate of drug-likeness (QED) is 0.806. The van der Waals surface area contributed by atoms with Gasteiger partial charge in [-0.25, -0.2) is 4.79 Å². The maximum atomic E-state index is 11.8. The summed E-state index contributed by atoms with van der Waals surface area (Å²) in [6.07, 6.45) is 4.93. The molecular formula is C14H23N3O3. The summed E-state index contributed by atoms with van der Waals surface area (Å²) < 4.78 is 2.54. The van der Waals surface area contributed by atoms with Gasteiger partial charge in [0.05, 0.1) is 5.60 Å². The van der Waals surface area contributed by atoms with Crippen LogP contribution in [0.15, 0.2) is 15.7 Å².